The zero-order valence-electron chi connectivity index (χ0n) is 7.06. The van der Waals surface area contributed by atoms with Gasteiger partial charge in [0, 0.05) is 6.20 Å². The molecule has 1 atom stereocenters. The molecule has 0 amide bonds. The number of thioether (sulfide) groups is 1. The van der Waals surface area contributed by atoms with Crippen LogP contribution >= 0.6 is 11.8 Å². The maximum Gasteiger partial charge on any atom is 0.235 e. The molecule has 1 saturated heterocycles. The fourth-order valence-corrected chi connectivity index (χ4v) is 2.17. The number of Topliss-reactive ketones (excluding diaryl/α,β-unsaturated/α-hetero) is 2. The third-order valence-electron chi connectivity index (χ3n) is 1.94. The standard InChI is InChI=1S/C8H6N3O2S/c9-8(6-1-2-10-4-11-6)7(13)5(12)3-14-8/h1-2H,3,9H2. The van der Waals surface area contributed by atoms with E-state index >= 15 is 0 Å². The number of aromatic nitrogens is 2. The number of rotatable bonds is 1. The second-order valence-corrected chi connectivity index (χ2v) is 4.04. The molecule has 1 aromatic heterocycles. The molecular formula is C8H6N3O2S. The Bertz CT molecular complexity index is 395. The summed E-state index contributed by atoms with van der Waals surface area (Å²) >= 11 is 1.08. The van der Waals surface area contributed by atoms with Gasteiger partial charge >= 0.3 is 0 Å². The molecule has 0 saturated carbocycles. The van der Waals surface area contributed by atoms with Gasteiger partial charge in [0.2, 0.25) is 11.6 Å². The minimum absolute atomic E-state index is 0.110. The van der Waals surface area contributed by atoms with Crippen LogP contribution in [0.2, 0.25) is 0 Å². The predicted molar refractivity (Wildman–Crippen MR) is 49.2 cm³/mol. The quantitative estimate of drug-likeness (QED) is 0.612. The average molecular weight is 208 g/mol. The fourth-order valence-electron chi connectivity index (χ4n) is 1.18. The van der Waals surface area contributed by atoms with Crippen LogP contribution in [0.4, 0.5) is 0 Å². The highest BCUT2D eigenvalue weighted by atomic mass is 32.2. The molecule has 1 unspecified atom stereocenters. The van der Waals surface area contributed by atoms with Crippen LogP contribution < -0.4 is 5.73 Å². The molecule has 0 aliphatic carbocycles. The topological polar surface area (TPSA) is 85.9 Å². The summed E-state index contributed by atoms with van der Waals surface area (Å²) in [5.41, 5.74) is 6.12. The second kappa shape index (κ2) is 3.14. The van der Waals surface area contributed by atoms with Gasteiger partial charge in [-0.2, -0.15) is 0 Å². The van der Waals surface area contributed by atoms with E-state index in [9.17, 15) is 9.59 Å². The van der Waals surface area contributed by atoms with Crippen molar-refractivity contribution in [2.45, 2.75) is 4.87 Å². The zero-order valence-corrected chi connectivity index (χ0v) is 7.87. The molecule has 2 N–H and O–H groups in total. The molecule has 1 radical (unpaired) electrons. The lowest BCUT2D eigenvalue weighted by molar-refractivity contribution is -0.135. The van der Waals surface area contributed by atoms with Gasteiger partial charge in [0.15, 0.2) is 11.2 Å². The van der Waals surface area contributed by atoms with Crippen LogP contribution in [0.25, 0.3) is 0 Å². The molecule has 0 bridgehead atoms. The number of carbonyl (C=O) groups is 2. The summed E-state index contributed by atoms with van der Waals surface area (Å²) in [6.45, 7) is 0. The largest absolute Gasteiger partial charge is 0.305 e. The lowest BCUT2D eigenvalue weighted by Gasteiger charge is -2.17. The van der Waals surface area contributed by atoms with Crippen molar-refractivity contribution >= 4 is 23.3 Å². The Labute approximate surface area is 84.1 Å². The van der Waals surface area contributed by atoms with E-state index in [1.165, 1.54) is 12.3 Å². The number of carbonyl (C=O) groups excluding carboxylic acids is 2. The van der Waals surface area contributed by atoms with Crippen LogP contribution in [0.15, 0.2) is 12.3 Å². The molecule has 1 aliphatic rings. The molecule has 14 heavy (non-hydrogen) atoms. The van der Waals surface area contributed by atoms with Gasteiger partial charge in [0.1, 0.15) is 0 Å². The summed E-state index contributed by atoms with van der Waals surface area (Å²) in [4.78, 5) is 28.5. The highest BCUT2D eigenvalue weighted by Crippen LogP contribution is 2.36. The summed E-state index contributed by atoms with van der Waals surface area (Å²) < 4.78 is 0. The fraction of sp³-hybridized carbons (Fsp3) is 0.250. The van der Waals surface area contributed by atoms with Gasteiger partial charge in [-0.25, -0.2) is 9.97 Å². The van der Waals surface area contributed by atoms with Gasteiger partial charge < -0.3 is 5.73 Å². The lowest BCUT2D eigenvalue weighted by atomic mass is 10.1. The summed E-state index contributed by atoms with van der Waals surface area (Å²) in [5, 5.41) is 0. The molecule has 0 aromatic carbocycles. The molecule has 1 aromatic rings. The van der Waals surface area contributed by atoms with Crippen LogP contribution in [0.1, 0.15) is 5.69 Å². The summed E-state index contributed by atoms with van der Waals surface area (Å²) in [7, 11) is 0. The first-order valence-electron chi connectivity index (χ1n) is 3.84. The first kappa shape index (κ1) is 9.29. The van der Waals surface area contributed by atoms with Crippen molar-refractivity contribution in [1.82, 2.24) is 9.97 Å². The Morgan fingerprint density at radius 1 is 1.57 bits per heavy atom. The van der Waals surface area contributed by atoms with Crippen molar-refractivity contribution in [1.29, 1.82) is 0 Å². The Balaban J connectivity index is 2.44. The molecule has 71 valence electrons. The van der Waals surface area contributed by atoms with Gasteiger partial charge in [-0.05, 0) is 6.07 Å². The second-order valence-electron chi connectivity index (χ2n) is 2.82. The molecule has 1 aliphatic heterocycles. The van der Waals surface area contributed by atoms with Crippen LogP contribution in [0.3, 0.4) is 0 Å². The van der Waals surface area contributed by atoms with E-state index in [-0.39, 0.29) is 5.75 Å². The molecule has 1 fully saturated rings. The van der Waals surface area contributed by atoms with E-state index in [4.69, 9.17) is 5.73 Å². The molecule has 2 heterocycles. The van der Waals surface area contributed by atoms with Crippen molar-refractivity contribution in [2.75, 3.05) is 5.75 Å². The van der Waals surface area contributed by atoms with Gasteiger partial charge in [-0.1, -0.05) is 0 Å². The normalized spacial score (nSPS) is 26.9. The number of nitrogens with two attached hydrogens (primary N) is 1. The summed E-state index contributed by atoms with van der Waals surface area (Å²) in [6, 6.07) is 1.51. The van der Waals surface area contributed by atoms with E-state index in [1.807, 2.05) is 0 Å². The Hall–Kier alpha value is -1.27. The summed E-state index contributed by atoms with van der Waals surface area (Å²) in [5.74, 6) is -0.954. The minimum atomic E-state index is -1.34. The first-order valence-corrected chi connectivity index (χ1v) is 4.83. The highest BCUT2D eigenvalue weighted by Gasteiger charge is 2.47. The van der Waals surface area contributed by atoms with Crippen molar-refractivity contribution in [3.8, 4) is 0 Å². The Kier molecular flexibility index (Phi) is 2.09. The Morgan fingerprint density at radius 2 is 2.36 bits per heavy atom. The van der Waals surface area contributed by atoms with Crippen molar-refractivity contribution in [3.63, 3.8) is 0 Å². The van der Waals surface area contributed by atoms with Gasteiger partial charge in [-0.3, -0.25) is 9.59 Å². The van der Waals surface area contributed by atoms with Gasteiger partial charge in [-0.15, -0.1) is 11.8 Å². The maximum absolute atomic E-state index is 11.5. The SMILES string of the molecule is NC1(c2ccn[c]n2)SCC(=O)C1=O. The van der Waals surface area contributed by atoms with Crippen LogP contribution in [0, 0.1) is 6.33 Å². The van der Waals surface area contributed by atoms with Gasteiger partial charge in [0.05, 0.1) is 11.4 Å². The number of ketones is 2. The monoisotopic (exact) mass is 208 g/mol. The van der Waals surface area contributed by atoms with Crippen molar-refractivity contribution in [3.05, 3.63) is 24.3 Å². The van der Waals surface area contributed by atoms with Crippen molar-refractivity contribution < 1.29 is 9.59 Å². The average Bonchev–Trinajstić information content (AvgIpc) is 2.49. The molecule has 6 heteroatoms. The van der Waals surface area contributed by atoms with E-state index in [2.05, 4.69) is 16.3 Å². The highest BCUT2D eigenvalue weighted by molar-refractivity contribution is 8.02. The third kappa shape index (κ3) is 1.23. The smallest absolute Gasteiger partial charge is 0.235 e. The molecule has 0 spiro atoms. The molecular weight excluding hydrogens is 202 g/mol. The zero-order chi connectivity index (χ0) is 10.2. The van der Waals surface area contributed by atoms with E-state index < -0.39 is 16.4 Å². The van der Waals surface area contributed by atoms with Crippen LogP contribution in [0.5, 0.6) is 0 Å². The minimum Gasteiger partial charge on any atom is -0.305 e. The van der Waals surface area contributed by atoms with E-state index in [1.54, 1.807) is 0 Å². The number of hydrogen-bond acceptors (Lipinski definition) is 6. The number of hydrogen-bond donors (Lipinski definition) is 1. The number of nitrogens with zero attached hydrogens (tertiary/aromatic N) is 2. The van der Waals surface area contributed by atoms with E-state index in [0.29, 0.717) is 5.69 Å². The lowest BCUT2D eigenvalue weighted by Crippen LogP contribution is -2.41. The van der Waals surface area contributed by atoms with E-state index in [0.717, 1.165) is 11.8 Å². The van der Waals surface area contributed by atoms with Crippen LogP contribution in [-0.4, -0.2) is 27.3 Å². The van der Waals surface area contributed by atoms with Crippen molar-refractivity contribution in [2.24, 2.45) is 5.73 Å². The predicted octanol–water partition coefficient (Wildman–Crippen LogP) is -0.727. The molecule has 5 nitrogen and oxygen atoms in total. The Morgan fingerprint density at radius 3 is 2.86 bits per heavy atom. The maximum atomic E-state index is 11.5. The van der Waals surface area contributed by atoms with Gasteiger partial charge in [0.25, 0.3) is 0 Å². The molecule has 2 rings (SSSR count). The first-order chi connectivity index (χ1) is 6.64. The van der Waals surface area contributed by atoms with Crippen LogP contribution in [-0.2, 0) is 14.5 Å². The summed E-state index contributed by atoms with van der Waals surface area (Å²) in [6.07, 6.45) is 3.78. The third-order valence-corrected chi connectivity index (χ3v) is 3.19.